The maximum atomic E-state index is 13.1. The Balaban J connectivity index is 1.88. The summed E-state index contributed by atoms with van der Waals surface area (Å²) >= 11 is 3.35. The number of hydrogen-bond acceptors (Lipinski definition) is 5. The van der Waals surface area contributed by atoms with Crippen molar-refractivity contribution < 1.29 is 22.7 Å². The Kier molecular flexibility index (Phi) is 7.89. The summed E-state index contributed by atoms with van der Waals surface area (Å²) in [6, 6.07) is 19.4. The molecule has 32 heavy (non-hydrogen) atoms. The van der Waals surface area contributed by atoms with Gasteiger partial charge in [0.2, 0.25) is 15.9 Å². The minimum Gasteiger partial charge on any atom is -0.493 e. The molecule has 3 rings (SSSR count). The van der Waals surface area contributed by atoms with Crippen molar-refractivity contribution in [1.29, 1.82) is 0 Å². The van der Waals surface area contributed by atoms with E-state index in [9.17, 15) is 13.2 Å². The first kappa shape index (κ1) is 23.8. The Morgan fingerprint density at radius 3 is 2.22 bits per heavy atom. The topological polar surface area (TPSA) is 93.7 Å². The van der Waals surface area contributed by atoms with E-state index in [1.165, 1.54) is 32.4 Å². The first-order valence-corrected chi connectivity index (χ1v) is 11.9. The highest BCUT2D eigenvalue weighted by atomic mass is 79.9. The van der Waals surface area contributed by atoms with Crippen molar-refractivity contribution in [2.45, 2.75) is 17.4 Å². The maximum Gasteiger partial charge on any atom is 0.242 e. The summed E-state index contributed by atoms with van der Waals surface area (Å²) in [5.74, 6) is 0.204. The number of hydrogen-bond donors (Lipinski definition) is 2. The van der Waals surface area contributed by atoms with Gasteiger partial charge in [0.1, 0.15) is 6.04 Å². The monoisotopic (exact) mass is 518 g/mol. The third-order valence-electron chi connectivity index (χ3n) is 4.67. The van der Waals surface area contributed by atoms with Crippen molar-refractivity contribution in [2.75, 3.05) is 19.5 Å². The van der Waals surface area contributed by atoms with Crippen LogP contribution in [0.5, 0.6) is 11.5 Å². The van der Waals surface area contributed by atoms with Crippen LogP contribution in [0.1, 0.15) is 5.56 Å². The lowest BCUT2D eigenvalue weighted by Crippen LogP contribution is -2.45. The molecular formula is C23H23BrN2O5S. The number of sulfonamides is 1. The third kappa shape index (κ3) is 6.09. The van der Waals surface area contributed by atoms with Gasteiger partial charge in [-0.2, -0.15) is 4.72 Å². The number of carbonyl (C=O) groups excluding carboxylic acids is 1. The summed E-state index contributed by atoms with van der Waals surface area (Å²) < 4.78 is 40.0. The van der Waals surface area contributed by atoms with Crippen LogP contribution in [0.3, 0.4) is 0 Å². The van der Waals surface area contributed by atoms with Gasteiger partial charge in [-0.05, 0) is 48.4 Å². The fourth-order valence-electron chi connectivity index (χ4n) is 3.04. The van der Waals surface area contributed by atoms with Crippen molar-refractivity contribution in [3.05, 3.63) is 82.8 Å². The minimum atomic E-state index is -4.04. The van der Waals surface area contributed by atoms with Gasteiger partial charge in [-0.3, -0.25) is 4.79 Å². The Morgan fingerprint density at radius 1 is 0.938 bits per heavy atom. The van der Waals surface area contributed by atoms with E-state index in [1.807, 2.05) is 30.3 Å². The van der Waals surface area contributed by atoms with Gasteiger partial charge in [-0.15, -0.1) is 0 Å². The smallest absolute Gasteiger partial charge is 0.242 e. The van der Waals surface area contributed by atoms with E-state index < -0.39 is 22.0 Å². The van der Waals surface area contributed by atoms with Gasteiger partial charge >= 0.3 is 0 Å². The number of amides is 1. The van der Waals surface area contributed by atoms with Crippen LogP contribution in [0.25, 0.3) is 0 Å². The van der Waals surface area contributed by atoms with Gasteiger partial charge in [-0.25, -0.2) is 8.42 Å². The number of ether oxygens (including phenoxy) is 2. The zero-order valence-corrected chi connectivity index (χ0v) is 19.9. The molecule has 0 heterocycles. The molecule has 0 aliphatic carbocycles. The highest BCUT2D eigenvalue weighted by Crippen LogP contribution is 2.29. The van der Waals surface area contributed by atoms with Crippen LogP contribution in [-0.4, -0.2) is 34.6 Å². The Hall–Kier alpha value is -2.88. The molecule has 0 fully saturated rings. The number of anilines is 1. The van der Waals surface area contributed by atoms with Crippen molar-refractivity contribution >= 4 is 37.5 Å². The fourth-order valence-corrected chi connectivity index (χ4v) is 4.51. The predicted molar refractivity (Wildman–Crippen MR) is 127 cm³/mol. The zero-order chi connectivity index (χ0) is 23.1. The van der Waals surface area contributed by atoms with Crippen molar-refractivity contribution in [2.24, 2.45) is 0 Å². The maximum absolute atomic E-state index is 13.1. The van der Waals surface area contributed by atoms with Crippen molar-refractivity contribution in [3.63, 3.8) is 0 Å². The van der Waals surface area contributed by atoms with E-state index in [-0.39, 0.29) is 17.1 Å². The standard InChI is InChI=1S/C23H23BrN2O5S/c1-30-21-13-12-19(15-22(21)31-2)32(28,29)26-20(14-16-6-4-3-5-7-16)23(27)25-18-10-8-17(24)9-11-18/h3-13,15,20,26H,14H2,1-2H3,(H,25,27)/t20-/m0/s1. The molecule has 0 spiro atoms. The zero-order valence-electron chi connectivity index (χ0n) is 17.5. The molecule has 2 N–H and O–H groups in total. The van der Waals surface area contributed by atoms with Gasteiger partial charge in [0.25, 0.3) is 0 Å². The first-order chi connectivity index (χ1) is 15.3. The molecular weight excluding hydrogens is 496 g/mol. The number of methoxy groups -OCH3 is 2. The second-order valence-electron chi connectivity index (χ2n) is 6.88. The van der Waals surface area contributed by atoms with E-state index in [4.69, 9.17) is 9.47 Å². The van der Waals surface area contributed by atoms with Crippen LogP contribution >= 0.6 is 15.9 Å². The molecule has 1 amide bonds. The molecule has 168 valence electrons. The summed E-state index contributed by atoms with van der Waals surface area (Å²) in [6.45, 7) is 0. The van der Waals surface area contributed by atoms with Crippen LogP contribution in [0, 0.1) is 0 Å². The number of benzene rings is 3. The van der Waals surface area contributed by atoms with Gasteiger partial charge in [0, 0.05) is 16.2 Å². The van der Waals surface area contributed by atoms with Crippen LogP contribution in [0.15, 0.2) is 82.2 Å². The number of halogens is 1. The molecule has 0 radical (unpaired) electrons. The number of rotatable bonds is 9. The van der Waals surface area contributed by atoms with Gasteiger partial charge < -0.3 is 14.8 Å². The van der Waals surface area contributed by atoms with Crippen molar-refractivity contribution in [1.82, 2.24) is 4.72 Å². The Morgan fingerprint density at radius 2 is 1.59 bits per heavy atom. The molecule has 3 aromatic carbocycles. The molecule has 1 atom stereocenters. The van der Waals surface area contributed by atoms with E-state index in [2.05, 4.69) is 26.0 Å². The highest BCUT2D eigenvalue weighted by molar-refractivity contribution is 9.10. The molecule has 7 nitrogen and oxygen atoms in total. The van der Waals surface area contributed by atoms with Crippen LogP contribution in [0.2, 0.25) is 0 Å². The predicted octanol–water partition coefficient (Wildman–Crippen LogP) is 3.99. The lowest BCUT2D eigenvalue weighted by atomic mass is 10.1. The van der Waals surface area contributed by atoms with Crippen LogP contribution in [-0.2, 0) is 21.2 Å². The van der Waals surface area contributed by atoms with E-state index in [0.29, 0.717) is 11.4 Å². The lowest BCUT2D eigenvalue weighted by molar-refractivity contribution is -0.117. The largest absolute Gasteiger partial charge is 0.493 e. The highest BCUT2D eigenvalue weighted by Gasteiger charge is 2.27. The molecule has 3 aromatic rings. The summed E-state index contributed by atoms with van der Waals surface area (Å²) in [5, 5.41) is 2.77. The summed E-state index contributed by atoms with van der Waals surface area (Å²) in [7, 11) is -1.15. The second kappa shape index (κ2) is 10.6. The summed E-state index contributed by atoms with van der Waals surface area (Å²) in [6.07, 6.45) is 0.176. The molecule has 0 saturated heterocycles. The average Bonchev–Trinajstić information content (AvgIpc) is 2.80. The van der Waals surface area contributed by atoms with Crippen LogP contribution in [0.4, 0.5) is 5.69 Å². The Labute approximate surface area is 195 Å². The van der Waals surface area contributed by atoms with Crippen molar-refractivity contribution in [3.8, 4) is 11.5 Å². The van der Waals surface area contributed by atoms with E-state index in [1.54, 1.807) is 24.3 Å². The van der Waals surface area contributed by atoms with Crippen LogP contribution < -0.4 is 19.5 Å². The van der Waals surface area contributed by atoms with Gasteiger partial charge in [0.15, 0.2) is 11.5 Å². The van der Waals surface area contributed by atoms with E-state index in [0.717, 1.165) is 10.0 Å². The molecule has 0 unspecified atom stereocenters. The minimum absolute atomic E-state index is 0.0374. The summed E-state index contributed by atoms with van der Waals surface area (Å²) in [4.78, 5) is 13.0. The fraction of sp³-hybridized carbons (Fsp3) is 0.174. The first-order valence-electron chi connectivity index (χ1n) is 9.67. The molecule has 0 aliphatic rings. The molecule has 0 bridgehead atoms. The summed E-state index contributed by atoms with van der Waals surface area (Å²) in [5.41, 5.74) is 1.38. The third-order valence-corrected chi connectivity index (χ3v) is 6.67. The normalized spacial score (nSPS) is 12.1. The molecule has 0 saturated carbocycles. The van der Waals surface area contributed by atoms with E-state index >= 15 is 0 Å². The SMILES string of the molecule is COc1ccc(S(=O)(=O)N[C@@H](Cc2ccccc2)C(=O)Nc2ccc(Br)cc2)cc1OC. The molecule has 0 aliphatic heterocycles. The quantitative estimate of drug-likeness (QED) is 0.446. The number of carbonyl (C=O) groups is 1. The molecule has 9 heteroatoms. The molecule has 0 aromatic heterocycles. The lowest BCUT2D eigenvalue weighted by Gasteiger charge is -2.19. The van der Waals surface area contributed by atoms with Gasteiger partial charge in [0.05, 0.1) is 19.1 Å². The average molecular weight is 519 g/mol. The van der Waals surface area contributed by atoms with Gasteiger partial charge in [-0.1, -0.05) is 46.3 Å². The number of nitrogens with one attached hydrogen (secondary N) is 2. The Bertz CT molecular complexity index is 1170. The second-order valence-corrected chi connectivity index (χ2v) is 9.51.